The topological polar surface area (TPSA) is 20.3 Å². The minimum Gasteiger partial charge on any atom is -0.336 e. The van der Waals surface area contributed by atoms with Crippen molar-refractivity contribution in [1.29, 1.82) is 0 Å². The SMILES string of the molecule is C=C/C(=C\C=C/C)CC(C)/C=C/C1CCCC(=O)N1CCCCCCC.CC. The summed E-state index contributed by atoms with van der Waals surface area (Å²) in [7, 11) is 0. The molecule has 0 spiro atoms. The molecule has 0 saturated carbocycles. The largest absolute Gasteiger partial charge is 0.336 e. The lowest BCUT2D eigenvalue weighted by molar-refractivity contribution is -0.135. The molecule has 0 aromatic heterocycles. The molecule has 1 heterocycles. The zero-order chi connectivity index (χ0) is 21.2. The van der Waals surface area contributed by atoms with Crippen molar-refractivity contribution in [2.45, 2.75) is 98.4 Å². The first-order valence-corrected chi connectivity index (χ1v) is 11.5. The van der Waals surface area contributed by atoms with E-state index in [1.807, 2.05) is 32.9 Å². The smallest absolute Gasteiger partial charge is 0.223 e. The van der Waals surface area contributed by atoms with Crippen LogP contribution >= 0.6 is 0 Å². The van der Waals surface area contributed by atoms with Gasteiger partial charge in [-0.1, -0.05) is 96.4 Å². The van der Waals surface area contributed by atoms with E-state index in [0.29, 0.717) is 11.8 Å². The van der Waals surface area contributed by atoms with Crippen LogP contribution in [0.5, 0.6) is 0 Å². The average Bonchev–Trinajstić information content (AvgIpc) is 2.72. The summed E-state index contributed by atoms with van der Waals surface area (Å²) >= 11 is 0. The Hall–Kier alpha value is -1.57. The van der Waals surface area contributed by atoms with Gasteiger partial charge in [0.15, 0.2) is 0 Å². The van der Waals surface area contributed by atoms with E-state index >= 15 is 0 Å². The molecule has 28 heavy (non-hydrogen) atoms. The standard InChI is InChI=1S/C24H39NO.C2H6/c1-5-8-10-11-12-19-25-23(15-13-16-24(25)26)18-17-21(4)20-22(7-3)14-9-6-2;1-2/h6-7,9,14,17-18,21,23H,3,5,8,10-13,15-16,19-20H2,1-2,4H3;1-2H3/b9-6-,18-17+,22-14+;. The van der Waals surface area contributed by atoms with Crippen LogP contribution in [0.2, 0.25) is 0 Å². The maximum Gasteiger partial charge on any atom is 0.223 e. The summed E-state index contributed by atoms with van der Waals surface area (Å²) in [5.41, 5.74) is 1.26. The van der Waals surface area contributed by atoms with Gasteiger partial charge in [-0.15, -0.1) is 0 Å². The molecule has 2 nitrogen and oxygen atoms in total. The van der Waals surface area contributed by atoms with Gasteiger partial charge in [-0.05, 0) is 44.1 Å². The lowest BCUT2D eigenvalue weighted by Gasteiger charge is -2.34. The van der Waals surface area contributed by atoms with Gasteiger partial charge in [0.2, 0.25) is 5.91 Å². The summed E-state index contributed by atoms with van der Waals surface area (Å²) < 4.78 is 0. The molecule has 0 N–H and O–H groups in total. The third-order valence-corrected chi connectivity index (χ3v) is 5.10. The number of likely N-dealkylation sites (tertiary alicyclic amines) is 1. The number of amides is 1. The van der Waals surface area contributed by atoms with Gasteiger partial charge >= 0.3 is 0 Å². The van der Waals surface area contributed by atoms with E-state index in [-0.39, 0.29) is 6.04 Å². The van der Waals surface area contributed by atoms with Gasteiger partial charge in [0, 0.05) is 19.0 Å². The van der Waals surface area contributed by atoms with E-state index in [1.54, 1.807) is 0 Å². The van der Waals surface area contributed by atoms with Gasteiger partial charge in [-0.3, -0.25) is 4.79 Å². The van der Waals surface area contributed by atoms with Crippen LogP contribution < -0.4 is 0 Å². The van der Waals surface area contributed by atoms with E-state index in [0.717, 1.165) is 38.6 Å². The summed E-state index contributed by atoms with van der Waals surface area (Å²) in [5.74, 6) is 0.793. The third-order valence-electron chi connectivity index (χ3n) is 5.10. The molecule has 1 saturated heterocycles. The Morgan fingerprint density at radius 3 is 2.61 bits per heavy atom. The van der Waals surface area contributed by atoms with Gasteiger partial charge in [0.1, 0.15) is 0 Å². The van der Waals surface area contributed by atoms with Crippen molar-refractivity contribution < 1.29 is 4.79 Å². The highest BCUT2D eigenvalue weighted by Crippen LogP contribution is 2.22. The second-order valence-electron chi connectivity index (χ2n) is 7.50. The molecule has 0 aromatic carbocycles. The molecule has 2 atom stereocenters. The summed E-state index contributed by atoms with van der Waals surface area (Å²) in [5, 5.41) is 0. The Morgan fingerprint density at radius 1 is 1.25 bits per heavy atom. The Morgan fingerprint density at radius 2 is 1.96 bits per heavy atom. The number of piperidine rings is 1. The molecule has 2 unspecified atom stereocenters. The van der Waals surface area contributed by atoms with Crippen molar-refractivity contribution in [3.05, 3.63) is 48.6 Å². The van der Waals surface area contributed by atoms with Crippen LogP contribution in [0.25, 0.3) is 0 Å². The van der Waals surface area contributed by atoms with E-state index in [4.69, 9.17) is 0 Å². The van der Waals surface area contributed by atoms with Crippen molar-refractivity contribution in [1.82, 2.24) is 4.90 Å². The Labute approximate surface area is 175 Å². The molecule has 1 fully saturated rings. The third kappa shape index (κ3) is 11.3. The quantitative estimate of drug-likeness (QED) is 0.191. The number of nitrogens with zero attached hydrogens (tertiary/aromatic N) is 1. The zero-order valence-electron chi connectivity index (χ0n) is 19.3. The molecule has 0 bridgehead atoms. The number of hydrogen-bond donors (Lipinski definition) is 0. The van der Waals surface area contributed by atoms with Crippen LogP contribution in [0.15, 0.2) is 48.6 Å². The van der Waals surface area contributed by atoms with Crippen molar-refractivity contribution in [2.75, 3.05) is 6.54 Å². The van der Waals surface area contributed by atoms with Crippen LogP contribution in [0.1, 0.15) is 92.4 Å². The van der Waals surface area contributed by atoms with Crippen molar-refractivity contribution in [3.63, 3.8) is 0 Å². The summed E-state index contributed by atoms with van der Waals surface area (Å²) in [6.45, 7) is 15.3. The second kappa shape index (κ2) is 17.5. The van der Waals surface area contributed by atoms with Crippen molar-refractivity contribution in [2.24, 2.45) is 5.92 Å². The maximum atomic E-state index is 12.4. The second-order valence-corrected chi connectivity index (χ2v) is 7.50. The average molecular weight is 388 g/mol. The minimum absolute atomic E-state index is 0.288. The number of hydrogen-bond acceptors (Lipinski definition) is 1. The van der Waals surface area contributed by atoms with Gasteiger partial charge in [0.05, 0.1) is 0 Å². The van der Waals surface area contributed by atoms with Crippen LogP contribution in [-0.4, -0.2) is 23.4 Å². The summed E-state index contributed by atoms with van der Waals surface area (Å²) in [4.78, 5) is 14.5. The monoisotopic (exact) mass is 387 g/mol. The van der Waals surface area contributed by atoms with E-state index in [9.17, 15) is 4.79 Å². The summed E-state index contributed by atoms with van der Waals surface area (Å²) in [6.07, 6.45) is 22.8. The number of allylic oxidation sites excluding steroid dienone is 6. The molecule has 160 valence electrons. The highest BCUT2D eigenvalue weighted by molar-refractivity contribution is 5.77. The fourth-order valence-electron chi connectivity index (χ4n) is 3.52. The Balaban J connectivity index is 0.00000352. The fourth-order valence-corrected chi connectivity index (χ4v) is 3.52. The molecule has 0 radical (unpaired) electrons. The molecule has 1 amide bonds. The Kier molecular flexibility index (Phi) is 16.5. The summed E-state index contributed by atoms with van der Waals surface area (Å²) in [6, 6.07) is 0.288. The first-order chi connectivity index (χ1) is 13.6. The van der Waals surface area contributed by atoms with E-state index < -0.39 is 0 Å². The van der Waals surface area contributed by atoms with Crippen LogP contribution in [0, 0.1) is 5.92 Å². The molecular weight excluding hydrogens is 342 g/mol. The number of carbonyl (C=O) groups is 1. The maximum absolute atomic E-state index is 12.4. The molecule has 2 heteroatoms. The number of carbonyl (C=O) groups excluding carboxylic acids is 1. The zero-order valence-corrected chi connectivity index (χ0v) is 19.3. The van der Waals surface area contributed by atoms with Crippen molar-refractivity contribution >= 4 is 5.91 Å². The molecule has 0 aromatic rings. The molecule has 1 rings (SSSR count). The molecular formula is C26H45NO. The first-order valence-electron chi connectivity index (χ1n) is 11.5. The predicted octanol–water partition coefficient (Wildman–Crippen LogP) is 7.64. The Bertz CT molecular complexity index is 501. The lowest BCUT2D eigenvalue weighted by Crippen LogP contribution is -2.43. The molecule has 1 aliphatic heterocycles. The highest BCUT2D eigenvalue weighted by atomic mass is 16.2. The van der Waals surface area contributed by atoms with E-state index in [2.05, 4.69) is 49.6 Å². The van der Waals surface area contributed by atoms with Crippen LogP contribution in [-0.2, 0) is 4.79 Å². The predicted molar refractivity (Wildman–Crippen MR) is 125 cm³/mol. The molecule has 0 aliphatic carbocycles. The number of unbranched alkanes of at least 4 members (excludes halogenated alkanes) is 4. The molecule has 1 aliphatic rings. The first kappa shape index (κ1) is 26.4. The van der Waals surface area contributed by atoms with Gasteiger partial charge < -0.3 is 4.90 Å². The van der Waals surface area contributed by atoms with Gasteiger partial charge in [-0.2, -0.15) is 0 Å². The van der Waals surface area contributed by atoms with Crippen LogP contribution in [0.4, 0.5) is 0 Å². The van der Waals surface area contributed by atoms with Gasteiger partial charge in [-0.25, -0.2) is 0 Å². The van der Waals surface area contributed by atoms with Gasteiger partial charge in [0.25, 0.3) is 0 Å². The highest BCUT2D eigenvalue weighted by Gasteiger charge is 2.25. The van der Waals surface area contributed by atoms with Crippen molar-refractivity contribution in [3.8, 4) is 0 Å². The normalized spacial score (nSPS) is 19.0. The minimum atomic E-state index is 0.288. The lowest BCUT2D eigenvalue weighted by atomic mass is 9.96. The van der Waals surface area contributed by atoms with Crippen LogP contribution in [0.3, 0.4) is 0 Å². The fraction of sp³-hybridized carbons (Fsp3) is 0.654. The number of rotatable bonds is 12. The van der Waals surface area contributed by atoms with E-state index in [1.165, 1.54) is 31.3 Å².